The lowest BCUT2D eigenvalue weighted by atomic mass is 9.89. The second-order valence-corrected chi connectivity index (χ2v) is 8.42. The standard InChI is InChI=1S/C20H18ClF2NO3S/c21-15-10-13(5-7-16(15)22)24-19(25)11-4-6-17(23)18(9-11)28-14-3-1-2-12(8-14)20(26)27/h4-7,9-10,12,14H,1-3,8H2,(H,24,25)(H,26,27)/t12-,14?/m0/s1. The van der Waals surface area contributed by atoms with E-state index in [1.165, 1.54) is 42.1 Å². The predicted molar refractivity (Wildman–Crippen MR) is 105 cm³/mol. The number of carbonyl (C=O) groups is 2. The molecular weight excluding hydrogens is 408 g/mol. The summed E-state index contributed by atoms with van der Waals surface area (Å²) in [4.78, 5) is 24.0. The van der Waals surface area contributed by atoms with Crippen molar-refractivity contribution in [2.24, 2.45) is 5.92 Å². The summed E-state index contributed by atoms with van der Waals surface area (Å²) in [6.07, 6.45) is 2.70. The number of rotatable bonds is 5. The Morgan fingerprint density at radius 2 is 1.86 bits per heavy atom. The van der Waals surface area contributed by atoms with E-state index < -0.39 is 29.4 Å². The van der Waals surface area contributed by atoms with Crippen LogP contribution in [-0.4, -0.2) is 22.2 Å². The summed E-state index contributed by atoms with van der Waals surface area (Å²) in [6, 6.07) is 7.85. The number of hydrogen-bond donors (Lipinski definition) is 2. The van der Waals surface area contributed by atoms with Crippen LogP contribution in [0.15, 0.2) is 41.3 Å². The van der Waals surface area contributed by atoms with Crippen molar-refractivity contribution in [3.05, 3.63) is 58.6 Å². The van der Waals surface area contributed by atoms with Gasteiger partial charge in [-0.25, -0.2) is 8.78 Å². The van der Waals surface area contributed by atoms with Crippen molar-refractivity contribution in [2.75, 3.05) is 5.32 Å². The third-order valence-electron chi connectivity index (χ3n) is 4.64. The molecule has 2 aromatic carbocycles. The molecular formula is C20H18ClF2NO3S. The Bertz CT molecular complexity index is 909. The molecule has 2 N–H and O–H groups in total. The number of carboxylic acids is 1. The molecule has 0 aromatic heterocycles. The Morgan fingerprint density at radius 1 is 1.11 bits per heavy atom. The van der Waals surface area contributed by atoms with Crippen LogP contribution in [0.3, 0.4) is 0 Å². The van der Waals surface area contributed by atoms with Gasteiger partial charge in [-0.2, -0.15) is 0 Å². The van der Waals surface area contributed by atoms with Crippen molar-refractivity contribution in [1.29, 1.82) is 0 Å². The molecule has 28 heavy (non-hydrogen) atoms. The van der Waals surface area contributed by atoms with Gasteiger partial charge in [0.25, 0.3) is 5.91 Å². The van der Waals surface area contributed by atoms with Crippen LogP contribution in [0.1, 0.15) is 36.0 Å². The summed E-state index contributed by atoms with van der Waals surface area (Å²) in [6.45, 7) is 0. The SMILES string of the molecule is O=C(Nc1ccc(F)c(Cl)c1)c1ccc(F)c(SC2CCC[C@H](C(=O)O)C2)c1. The van der Waals surface area contributed by atoms with Crippen LogP contribution in [0.25, 0.3) is 0 Å². The molecule has 2 atom stereocenters. The Hall–Kier alpha value is -2.12. The zero-order valence-electron chi connectivity index (χ0n) is 14.8. The van der Waals surface area contributed by atoms with Crippen LogP contribution in [0.2, 0.25) is 5.02 Å². The van der Waals surface area contributed by atoms with E-state index in [1.807, 2.05) is 0 Å². The van der Waals surface area contributed by atoms with Crippen LogP contribution in [0, 0.1) is 17.6 Å². The van der Waals surface area contributed by atoms with E-state index in [2.05, 4.69) is 5.32 Å². The van der Waals surface area contributed by atoms with Crippen molar-refractivity contribution in [2.45, 2.75) is 35.8 Å². The fourth-order valence-corrected chi connectivity index (χ4v) is 4.70. The van der Waals surface area contributed by atoms with E-state index >= 15 is 0 Å². The first-order valence-electron chi connectivity index (χ1n) is 8.79. The maximum absolute atomic E-state index is 14.2. The fourth-order valence-electron chi connectivity index (χ4n) is 3.17. The molecule has 0 spiro atoms. The van der Waals surface area contributed by atoms with Gasteiger partial charge >= 0.3 is 5.97 Å². The first-order valence-corrected chi connectivity index (χ1v) is 10.0. The lowest BCUT2D eigenvalue weighted by molar-refractivity contribution is -0.142. The van der Waals surface area contributed by atoms with Gasteiger partial charge in [0.2, 0.25) is 0 Å². The molecule has 148 valence electrons. The fraction of sp³-hybridized carbons (Fsp3) is 0.300. The monoisotopic (exact) mass is 425 g/mol. The van der Waals surface area contributed by atoms with Crippen LogP contribution >= 0.6 is 23.4 Å². The normalized spacial score (nSPS) is 19.2. The number of thioether (sulfide) groups is 1. The number of amides is 1. The highest BCUT2D eigenvalue weighted by molar-refractivity contribution is 8.00. The van der Waals surface area contributed by atoms with Crippen molar-refractivity contribution in [3.8, 4) is 0 Å². The molecule has 1 aliphatic carbocycles. The molecule has 1 fully saturated rings. The molecule has 0 bridgehead atoms. The highest BCUT2D eigenvalue weighted by Crippen LogP contribution is 2.37. The molecule has 1 unspecified atom stereocenters. The third-order valence-corrected chi connectivity index (χ3v) is 6.26. The van der Waals surface area contributed by atoms with Gasteiger partial charge in [-0.05, 0) is 55.7 Å². The van der Waals surface area contributed by atoms with E-state index in [9.17, 15) is 23.5 Å². The van der Waals surface area contributed by atoms with E-state index in [0.29, 0.717) is 23.4 Å². The van der Waals surface area contributed by atoms with Gasteiger partial charge in [0.05, 0.1) is 10.9 Å². The number of benzene rings is 2. The number of hydrogen-bond acceptors (Lipinski definition) is 3. The molecule has 0 radical (unpaired) electrons. The maximum atomic E-state index is 14.2. The summed E-state index contributed by atoms with van der Waals surface area (Å²) in [7, 11) is 0. The number of nitrogens with one attached hydrogen (secondary N) is 1. The Morgan fingerprint density at radius 3 is 2.57 bits per heavy atom. The molecule has 2 aromatic rings. The number of halogens is 3. The van der Waals surface area contributed by atoms with Gasteiger partial charge in [-0.3, -0.25) is 9.59 Å². The van der Waals surface area contributed by atoms with Crippen LogP contribution in [0.4, 0.5) is 14.5 Å². The predicted octanol–water partition coefficient (Wildman–Crippen LogP) is 5.61. The number of aliphatic carboxylic acids is 1. The van der Waals surface area contributed by atoms with Crippen LogP contribution < -0.4 is 5.32 Å². The lowest BCUT2D eigenvalue weighted by Crippen LogP contribution is -2.24. The Labute approximate surface area is 170 Å². The van der Waals surface area contributed by atoms with Gasteiger partial charge in [0.15, 0.2) is 0 Å². The molecule has 1 aliphatic rings. The van der Waals surface area contributed by atoms with E-state index in [0.717, 1.165) is 18.9 Å². The minimum absolute atomic E-state index is 0.0152. The molecule has 1 saturated carbocycles. The largest absolute Gasteiger partial charge is 0.481 e. The maximum Gasteiger partial charge on any atom is 0.306 e. The van der Waals surface area contributed by atoms with Crippen molar-refractivity contribution in [1.82, 2.24) is 0 Å². The zero-order valence-corrected chi connectivity index (χ0v) is 16.3. The molecule has 3 rings (SSSR count). The summed E-state index contributed by atoms with van der Waals surface area (Å²) in [5.41, 5.74) is 0.571. The topological polar surface area (TPSA) is 66.4 Å². The minimum Gasteiger partial charge on any atom is -0.481 e. The van der Waals surface area contributed by atoms with Crippen molar-refractivity contribution < 1.29 is 23.5 Å². The molecule has 4 nitrogen and oxygen atoms in total. The minimum atomic E-state index is -0.822. The van der Waals surface area contributed by atoms with Crippen LogP contribution in [0.5, 0.6) is 0 Å². The first kappa shape index (κ1) is 20.6. The highest BCUT2D eigenvalue weighted by atomic mass is 35.5. The molecule has 0 saturated heterocycles. The van der Waals surface area contributed by atoms with E-state index in [1.54, 1.807) is 0 Å². The number of anilines is 1. The number of carboxylic acid groups (broad SMARTS) is 1. The van der Waals surface area contributed by atoms with Crippen molar-refractivity contribution >= 4 is 40.9 Å². The smallest absolute Gasteiger partial charge is 0.306 e. The van der Waals surface area contributed by atoms with Crippen LogP contribution in [-0.2, 0) is 4.79 Å². The molecule has 8 heteroatoms. The van der Waals surface area contributed by atoms with Gasteiger partial charge in [-0.15, -0.1) is 11.8 Å². The molecule has 1 amide bonds. The molecule has 0 aliphatic heterocycles. The highest BCUT2D eigenvalue weighted by Gasteiger charge is 2.28. The van der Waals surface area contributed by atoms with E-state index in [4.69, 9.17) is 11.6 Å². The lowest BCUT2D eigenvalue weighted by Gasteiger charge is -2.26. The summed E-state index contributed by atoms with van der Waals surface area (Å²) in [5.74, 6) is -2.76. The van der Waals surface area contributed by atoms with E-state index in [-0.39, 0.29) is 15.8 Å². The molecule has 0 heterocycles. The quantitative estimate of drug-likeness (QED) is 0.653. The van der Waals surface area contributed by atoms with Crippen molar-refractivity contribution in [3.63, 3.8) is 0 Å². The van der Waals surface area contributed by atoms with Gasteiger partial charge in [0, 0.05) is 21.4 Å². The van der Waals surface area contributed by atoms with Gasteiger partial charge in [-0.1, -0.05) is 18.0 Å². The third kappa shape index (κ3) is 5.02. The summed E-state index contributed by atoms with van der Waals surface area (Å²) >= 11 is 6.98. The van der Waals surface area contributed by atoms with Gasteiger partial charge < -0.3 is 10.4 Å². The van der Waals surface area contributed by atoms with Gasteiger partial charge in [0.1, 0.15) is 11.6 Å². The Balaban J connectivity index is 1.72. The zero-order chi connectivity index (χ0) is 20.3. The second-order valence-electron chi connectivity index (χ2n) is 6.67. The summed E-state index contributed by atoms with van der Waals surface area (Å²) in [5, 5.41) is 11.7. The Kier molecular flexibility index (Phi) is 6.57. The number of carbonyl (C=O) groups excluding carboxylic acids is 1. The second kappa shape index (κ2) is 8.92. The average molecular weight is 426 g/mol. The summed E-state index contributed by atoms with van der Waals surface area (Å²) < 4.78 is 27.5. The first-order chi connectivity index (χ1) is 13.3. The average Bonchev–Trinajstić information content (AvgIpc) is 2.66.